The van der Waals surface area contributed by atoms with Crippen LogP contribution < -0.4 is 11.1 Å². The molecule has 4 heteroatoms. The van der Waals surface area contributed by atoms with Gasteiger partial charge in [-0.15, -0.1) is 0 Å². The maximum Gasteiger partial charge on any atom is 0.248 e. The fraction of sp³-hybridized carbons (Fsp3) is 0.533. The summed E-state index contributed by atoms with van der Waals surface area (Å²) in [7, 11) is 0. The summed E-state index contributed by atoms with van der Waals surface area (Å²) in [4.78, 5) is 11.1. The molecule has 0 spiro atoms. The summed E-state index contributed by atoms with van der Waals surface area (Å²) in [6.45, 7) is 3.99. The van der Waals surface area contributed by atoms with Crippen molar-refractivity contribution in [2.75, 3.05) is 13.2 Å². The third kappa shape index (κ3) is 5.85. The van der Waals surface area contributed by atoms with Crippen LogP contribution in [0, 0.1) is 5.92 Å². The van der Waals surface area contributed by atoms with Crippen molar-refractivity contribution in [2.24, 2.45) is 11.7 Å². The van der Waals surface area contributed by atoms with Gasteiger partial charge in [-0.1, -0.05) is 25.5 Å². The van der Waals surface area contributed by atoms with Gasteiger partial charge < -0.3 is 16.2 Å². The van der Waals surface area contributed by atoms with Crippen molar-refractivity contribution in [3.8, 4) is 0 Å². The molecule has 1 aromatic carbocycles. The summed E-state index contributed by atoms with van der Waals surface area (Å²) in [6.07, 6.45) is 3.08. The molecule has 0 fully saturated rings. The van der Waals surface area contributed by atoms with Crippen molar-refractivity contribution < 1.29 is 9.90 Å². The predicted molar refractivity (Wildman–Crippen MR) is 76.8 cm³/mol. The molecule has 0 heterocycles. The first kappa shape index (κ1) is 15.7. The fourth-order valence-electron chi connectivity index (χ4n) is 2.19. The third-order valence-corrected chi connectivity index (χ3v) is 3.21. The highest BCUT2D eigenvalue weighted by atomic mass is 16.3. The maximum absolute atomic E-state index is 11.1. The number of nitrogens with two attached hydrogens (primary N) is 1. The maximum atomic E-state index is 11.1. The first-order chi connectivity index (χ1) is 9.17. The molecule has 0 aliphatic carbocycles. The number of aliphatic hydroxyl groups excluding tert-OH is 1. The minimum absolute atomic E-state index is 0.240. The number of hydrogen-bond donors (Lipinski definition) is 3. The minimum Gasteiger partial charge on any atom is -0.396 e. The molecule has 0 radical (unpaired) electrons. The molecule has 0 aliphatic heterocycles. The standard InChI is InChI=1S/C15H24N2O2/c1-2-4-12(7-8-18)10-17-11-13-5-3-6-14(9-13)15(16)19/h3,5-6,9,12,17-18H,2,4,7-8,10-11H2,1H3,(H2,16,19). The zero-order valence-electron chi connectivity index (χ0n) is 11.6. The molecule has 19 heavy (non-hydrogen) atoms. The van der Waals surface area contributed by atoms with E-state index in [9.17, 15) is 4.79 Å². The smallest absolute Gasteiger partial charge is 0.248 e. The molecule has 1 atom stereocenters. The van der Waals surface area contributed by atoms with Crippen LogP contribution in [-0.4, -0.2) is 24.2 Å². The highest BCUT2D eigenvalue weighted by molar-refractivity contribution is 5.92. The summed E-state index contributed by atoms with van der Waals surface area (Å²) >= 11 is 0. The number of primary amides is 1. The van der Waals surface area contributed by atoms with Crippen LogP contribution in [0.2, 0.25) is 0 Å². The lowest BCUT2D eigenvalue weighted by molar-refractivity contribution is 0.1000. The second kappa shape index (κ2) is 8.67. The summed E-state index contributed by atoms with van der Waals surface area (Å²) in [6, 6.07) is 7.35. The number of amides is 1. The van der Waals surface area contributed by atoms with Gasteiger partial charge in [0.05, 0.1) is 0 Å². The Morgan fingerprint density at radius 2 is 2.21 bits per heavy atom. The van der Waals surface area contributed by atoms with E-state index >= 15 is 0 Å². The Bertz CT molecular complexity index is 387. The molecule has 0 saturated carbocycles. The number of carbonyl (C=O) groups is 1. The normalized spacial score (nSPS) is 12.3. The first-order valence-electron chi connectivity index (χ1n) is 6.87. The molecule has 106 valence electrons. The van der Waals surface area contributed by atoms with Crippen molar-refractivity contribution in [1.82, 2.24) is 5.32 Å². The van der Waals surface area contributed by atoms with Crippen molar-refractivity contribution >= 4 is 5.91 Å². The molecular weight excluding hydrogens is 240 g/mol. The average Bonchev–Trinajstić information content (AvgIpc) is 2.39. The zero-order valence-corrected chi connectivity index (χ0v) is 11.6. The molecule has 1 aromatic rings. The van der Waals surface area contributed by atoms with Crippen molar-refractivity contribution in [3.05, 3.63) is 35.4 Å². The molecule has 1 rings (SSSR count). The quantitative estimate of drug-likeness (QED) is 0.635. The monoisotopic (exact) mass is 264 g/mol. The molecule has 1 unspecified atom stereocenters. The van der Waals surface area contributed by atoms with Gasteiger partial charge in [0.2, 0.25) is 5.91 Å². The fourth-order valence-corrected chi connectivity index (χ4v) is 2.19. The molecule has 0 aliphatic rings. The first-order valence-corrected chi connectivity index (χ1v) is 6.87. The van der Waals surface area contributed by atoms with Crippen LogP contribution >= 0.6 is 0 Å². The number of hydrogen-bond acceptors (Lipinski definition) is 3. The van der Waals surface area contributed by atoms with Gasteiger partial charge in [0.25, 0.3) is 0 Å². The summed E-state index contributed by atoms with van der Waals surface area (Å²) in [5.41, 5.74) is 6.84. The van der Waals surface area contributed by atoms with Gasteiger partial charge in [0, 0.05) is 18.7 Å². The van der Waals surface area contributed by atoms with E-state index < -0.39 is 5.91 Å². The van der Waals surface area contributed by atoms with Gasteiger partial charge in [0.1, 0.15) is 0 Å². The lowest BCUT2D eigenvalue weighted by Gasteiger charge is -2.15. The Morgan fingerprint density at radius 3 is 2.84 bits per heavy atom. The van der Waals surface area contributed by atoms with E-state index in [2.05, 4.69) is 12.2 Å². The van der Waals surface area contributed by atoms with Gasteiger partial charge in [-0.25, -0.2) is 0 Å². The molecule has 1 amide bonds. The van der Waals surface area contributed by atoms with Crippen LogP contribution in [-0.2, 0) is 6.54 Å². The number of rotatable bonds is 9. The molecule has 0 bridgehead atoms. The SMILES string of the molecule is CCCC(CCO)CNCc1cccc(C(N)=O)c1. The van der Waals surface area contributed by atoms with Gasteiger partial charge in [-0.05, 0) is 43.0 Å². The molecular formula is C15H24N2O2. The average molecular weight is 264 g/mol. The second-order valence-electron chi connectivity index (χ2n) is 4.86. The van der Waals surface area contributed by atoms with Gasteiger partial charge >= 0.3 is 0 Å². The number of carbonyl (C=O) groups excluding carboxylic acids is 1. The van der Waals surface area contributed by atoms with Crippen LogP contribution in [0.4, 0.5) is 0 Å². The van der Waals surface area contributed by atoms with E-state index in [1.54, 1.807) is 6.07 Å². The van der Waals surface area contributed by atoms with E-state index in [0.717, 1.165) is 31.4 Å². The molecule has 4 N–H and O–H groups in total. The lowest BCUT2D eigenvalue weighted by Crippen LogP contribution is -2.23. The van der Waals surface area contributed by atoms with E-state index in [4.69, 9.17) is 10.8 Å². The Hall–Kier alpha value is -1.39. The van der Waals surface area contributed by atoms with Crippen LogP contribution in [0.3, 0.4) is 0 Å². The van der Waals surface area contributed by atoms with Crippen LogP contribution in [0.15, 0.2) is 24.3 Å². The molecule has 0 saturated heterocycles. The number of nitrogens with one attached hydrogen (secondary N) is 1. The van der Waals surface area contributed by atoms with E-state index in [1.165, 1.54) is 0 Å². The Morgan fingerprint density at radius 1 is 1.42 bits per heavy atom. The van der Waals surface area contributed by atoms with Gasteiger partial charge in [-0.2, -0.15) is 0 Å². The van der Waals surface area contributed by atoms with Crippen molar-refractivity contribution in [2.45, 2.75) is 32.7 Å². The molecule has 0 aromatic heterocycles. The Kier molecular flexibility index (Phi) is 7.15. The van der Waals surface area contributed by atoms with Gasteiger partial charge in [0.15, 0.2) is 0 Å². The second-order valence-corrected chi connectivity index (χ2v) is 4.86. The Balaban J connectivity index is 2.43. The highest BCUT2D eigenvalue weighted by Crippen LogP contribution is 2.10. The minimum atomic E-state index is -0.397. The number of aliphatic hydroxyl groups is 1. The third-order valence-electron chi connectivity index (χ3n) is 3.21. The van der Waals surface area contributed by atoms with E-state index in [1.807, 2.05) is 18.2 Å². The number of benzene rings is 1. The van der Waals surface area contributed by atoms with Gasteiger partial charge in [-0.3, -0.25) is 4.79 Å². The Labute approximate surface area is 115 Å². The van der Waals surface area contributed by atoms with Crippen molar-refractivity contribution in [1.29, 1.82) is 0 Å². The largest absolute Gasteiger partial charge is 0.396 e. The van der Waals surface area contributed by atoms with Crippen LogP contribution in [0.25, 0.3) is 0 Å². The predicted octanol–water partition coefficient (Wildman–Crippen LogP) is 1.67. The van der Waals surface area contributed by atoms with Crippen LogP contribution in [0.5, 0.6) is 0 Å². The van der Waals surface area contributed by atoms with E-state index in [0.29, 0.717) is 18.0 Å². The zero-order chi connectivity index (χ0) is 14.1. The highest BCUT2D eigenvalue weighted by Gasteiger charge is 2.07. The summed E-state index contributed by atoms with van der Waals surface area (Å²) < 4.78 is 0. The summed E-state index contributed by atoms with van der Waals surface area (Å²) in [5, 5.41) is 12.4. The molecule has 4 nitrogen and oxygen atoms in total. The van der Waals surface area contributed by atoms with Crippen molar-refractivity contribution in [3.63, 3.8) is 0 Å². The lowest BCUT2D eigenvalue weighted by atomic mass is 10.00. The van der Waals surface area contributed by atoms with E-state index in [-0.39, 0.29) is 6.61 Å². The van der Waals surface area contributed by atoms with Crippen LogP contribution in [0.1, 0.15) is 42.1 Å². The summed E-state index contributed by atoms with van der Waals surface area (Å²) in [5.74, 6) is 0.111. The topological polar surface area (TPSA) is 75.3 Å².